The zero-order valence-electron chi connectivity index (χ0n) is 17.5. The molecule has 3 heterocycles. The number of hydrogen-bond donors (Lipinski definition) is 1. The number of nitrogens with zero attached hydrogens (tertiary/aromatic N) is 3. The molecule has 4 rings (SSSR count). The van der Waals surface area contributed by atoms with E-state index in [1.165, 1.54) is 6.26 Å². The summed E-state index contributed by atoms with van der Waals surface area (Å²) in [6.07, 6.45) is -7.49. The molecule has 1 N–H and O–H groups in total. The molecule has 1 atom stereocenters. The Labute approximate surface area is 189 Å². The third-order valence-corrected chi connectivity index (χ3v) is 5.40. The first-order valence-electron chi connectivity index (χ1n) is 10.2. The fraction of sp³-hybridized carbons (Fsp3) is 0.318. The highest BCUT2D eigenvalue weighted by Gasteiger charge is 2.37. The number of aromatic nitrogens is 2. The number of rotatable bonds is 4. The lowest BCUT2D eigenvalue weighted by Crippen LogP contribution is -2.41. The van der Waals surface area contributed by atoms with Crippen LogP contribution in [0, 0.1) is 5.92 Å². The van der Waals surface area contributed by atoms with Gasteiger partial charge in [0.05, 0.1) is 23.3 Å². The molecule has 180 valence electrons. The van der Waals surface area contributed by atoms with E-state index >= 15 is 0 Å². The molecule has 1 fully saturated rings. The van der Waals surface area contributed by atoms with Gasteiger partial charge in [-0.25, -0.2) is 0 Å². The fourth-order valence-electron chi connectivity index (χ4n) is 3.72. The van der Waals surface area contributed by atoms with Gasteiger partial charge in [0, 0.05) is 18.8 Å². The highest BCUT2D eigenvalue weighted by atomic mass is 19.4. The molecule has 1 amide bonds. The van der Waals surface area contributed by atoms with Crippen molar-refractivity contribution in [3.05, 3.63) is 59.9 Å². The van der Waals surface area contributed by atoms with Crippen molar-refractivity contribution in [1.82, 2.24) is 10.2 Å². The van der Waals surface area contributed by atoms with Crippen molar-refractivity contribution in [2.45, 2.75) is 25.2 Å². The van der Waals surface area contributed by atoms with Crippen molar-refractivity contribution in [3.8, 4) is 11.5 Å². The van der Waals surface area contributed by atoms with Crippen LogP contribution in [0.25, 0.3) is 11.5 Å². The average molecular weight is 484 g/mol. The van der Waals surface area contributed by atoms with E-state index in [4.69, 9.17) is 4.42 Å². The zero-order valence-corrected chi connectivity index (χ0v) is 17.5. The van der Waals surface area contributed by atoms with Crippen LogP contribution in [0.1, 0.15) is 24.0 Å². The molecule has 34 heavy (non-hydrogen) atoms. The van der Waals surface area contributed by atoms with Crippen LogP contribution in [0.2, 0.25) is 0 Å². The minimum atomic E-state index is -5.00. The minimum Gasteiger partial charge on any atom is -0.463 e. The number of amides is 1. The topological polar surface area (TPSA) is 71.3 Å². The summed E-state index contributed by atoms with van der Waals surface area (Å²) in [5.74, 6) is -0.304. The number of carbonyl (C=O) groups excluding carboxylic acids is 1. The van der Waals surface area contributed by atoms with Crippen LogP contribution in [0.4, 0.5) is 37.8 Å². The molecular formula is C22H18F6N4O2. The quantitative estimate of drug-likeness (QED) is 0.486. The van der Waals surface area contributed by atoms with Gasteiger partial charge >= 0.3 is 12.4 Å². The molecule has 0 bridgehead atoms. The Morgan fingerprint density at radius 2 is 1.71 bits per heavy atom. The lowest BCUT2D eigenvalue weighted by molar-refractivity contribution is -0.143. The number of piperidine rings is 1. The number of furan rings is 1. The van der Waals surface area contributed by atoms with E-state index in [9.17, 15) is 31.1 Å². The second-order valence-electron chi connectivity index (χ2n) is 7.82. The smallest absolute Gasteiger partial charge is 0.416 e. The molecule has 0 spiro atoms. The van der Waals surface area contributed by atoms with Crippen LogP contribution in [0.15, 0.2) is 53.1 Å². The summed E-state index contributed by atoms with van der Waals surface area (Å²) < 4.78 is 83.7. The largest absolute Gasteiger partial charge is 0.463 e. The predicted molar refractivity (Wildman–Crippen MR) is 110 cm³/mol. The Morgan fingerprint density at radius 3 is 2.26 bits per heavy atom. The molecule has 1 saturated heterocycles. The summed E-state index contributed by atoms with van der Waals surface area (Å²) in [4.78, 5) is 14.5. The first-order chi connectivity index (χ1) is 16.0. The van der Waals surface area contributed by atoms with Crippen LogP contribution < -0.4 is 10.2 Å². The van der Waals surface area contributed by atoms with Gasteiger partial charge in [0.1, 0.15) is 5.69 Å². The molecule has 0 radical (unpaired) electrons. The van der Waals surface area contributed by atoms with Crippen molar-refractivity contribution in [1.29, 1.82) is 0 Å². The van der Waals surface area contributed by atoms with E-state index in [2.05, 4.69) is 15.5 Å². The van der Waals surface area contributed by atoms with Crippen molar-refractivity contribution in [2.24, 2.45) is 5.92 Å². The van der Waals surface area contributed by atoms with E-state index < -0.39 is 41.0 Å². The molecule has 12 heteroatoms. The van der Waals surface area contributed by atoms with E-state index in [0.29, 0.717) is 48.8 Å². The van der Waals surface area contributed by atoms with Gasteiger partial charge < -0.3 is 14.6 Å². The lowest BCUT2D eigenvalue weighted by Gasteiger charge is -2.32. The lowest BCUT2D eigenvalue weighted by atomic mass is 9.96. The number of hydrogen-bond acceptors (Lipinski definition) is 5. The van der Waals surface area contributed by atoms with E-state index in [-0.39, 0.29) is 12.6 Å². The van der Waals surface area contributed by atoms with Gasteiger partial charge in [-0.1, -0.05) is 0 Å². The highest BCUT2D eigenvalue weighted by Crippen LogP contribution is 2.37. The summed E-state index contributed by atoms with van der Waals surface area (Å²) in [6.45, 7) is 0.756. The maximum atomic E-state index is 13.1. The number of nitrogens with one attached hydrogen (secondary N) is 1. The van der Waals surface area contributed by atoms with Gasteiger partial charge in [0.25, 0.3) is 0 Å². The van der Waals surface area contributed by atoms with Gasteiger partial charge in [-0.3, -0.25) is 4.79 Å². The summed E-state index contributed by atoms with van der Waals surface area (Å²) in [5, 5.41) is 10.5. The molecule has 6 nitrogen and oxygen atoms in total. The van der Waals surface area contributed by atoms with Gasteiger partial charge in [-0.05, 0) is 55.3 Å². The van der Waals surface area contributed by atoms with Gasteiger partial charge in [0.2, 0.25) is 5.91 Å². The molecule has 0 saturated carbocycles. The molecule has 0 aliphatic carbocycles. The monoisotopic (exact) mass is 484 g/mol. The molecule has 1 unspecified atom stereocenters. The predicted octanol–water partition coefficient (Wildman–Crippen LogP) is 5.63. The highest BCUT2D eigenvalue weighted by molar-refractivity contribution is 5.93. The molecule has 1 aliphatic heterocycles. The molecule has 2 aromatic heterocycles. The zero-order chi connectivity index (χ0) is 24.5. The minimum absolute atomic E-state index is 0.0169. The Hall–Kier alpha value is -3.57. The number of carbonyl (C=O) groups is 1. The third-order valence-electron chi connectivity index (χ3n) is 5.40. The second-order valence-corrected chi connectivity index (χ2v) is 7.82. The second kappa shape index (κ2) is 8.99. The SMILES string of the molecule is O=C(Nc1cc(C(F)(F)F)cc(C(F)(F)F)c1)C1CCCN(c2ccc(-c3ccco3)nn2)C1. The van der Waals surface area contributed by atoms with Crippen molar-refractivity contribution in [2.75, 3.05) is 23.3 Å². The first-order valence-corrected chi connectivity index (χ1v) is 10.2. The van der Waals surface area contributed by atoms with Gasteiger partial charge in [0.15, 0.2) is 11.6 Å². The van der Waals surface area contributed by atoms with Gasteiger partial charge in [-0.15, -0.1) is 10.2 Å². The van der Waals surface area contributed by atoms with Gasteiger partial charge in [-0.2, -0.15) is 26.3 Å². The fourth-order valence-corrected chi connectivity index (χ4v) is 3.72. The van der Waals surface area contributed by atoms with Crippen LogP contribution >= 0.6 is 0 Å². The number of halogens is 6. The summed E-state index contributed by atoms with van der Waals surface area (Å²) >= 11 is 0. The Balaban J connectivity index is 1.48. The van der Waals surface area contributed by atoms with E-state index in [1.807, 2.05) is 0 Å². The average Bonchev–Trinajstić information content (AvgIpc) is 3.33. The molecule has 3 aromatic rings. The molecular weight excluding hydrogens is 466 g/mol. The number of anilines is 2. The normalized spacial score (nSPS) is 17.0. The maximum absolute atomic E-state index is 13.1. The number of alkyl halides is 6. The third kappa shape index (κ3) is 5.32. The first kappa shape index (κ1) is 23.6. The standard InChI is InChI=1S/C22H18F6N4O2/c23-21(24,25)14-9-15(22(26,27)28)11-16(10-14)29-20(33)13-3-1-7-32(12-13)19-6-5-17(30-31-19)18-4-2-8-34-18/h2,4-6,8-11,13H,1,3,7,12H2,(H,29,33). The van der Waals surface area contributed by atoms with E-state index in [1.54, 1.807) is 29.2 Å². The van der Waals surface area contributed by atoms with Crippen LogP contribution in [-0.4, -0.2) is 29.2 Å². The van der Waals surface area contributed by atoms with Crippen molar-refractivity contribution in [3.63, 3.8) is 0 Å². The molecule has 1 aliphatic rings. The Bertz CT molecular complexity index is 1110. The van der Waals surface area contributed by atoms with Crippen molar-refractivity contribution < 1.29 is 35.6 Å². The number of benzene rings is 1. The van der Waals surface area contributed by atoms with Crippen LogP contribution in [0.5, 0.6) is 0 Å². The van der Waals surface area contributed by atoms with Crippen LogP contribution in [0.3, 0.4) is 0 Å². The van der Waals surface area contributed by atoms with E-state index in [0.717, 1.165) is 0 Å². The molecule has 1 aromatic carbocycles. The summed E-state index contributed by atoms with van der Waals surface area (Å²) in [5.41, 5.74) is -3.03. The summed E-state index contributed by atoms with van der Waals surface area (Å²) in [6, 6.07) is 7.84. The maximum Gasteiger partial charge on any atom is 0.416 e. The van der Waals surface area contributed by atoms with Crippen LogP contribution in [-0.2, 0) is 17.1 Å². The Morgan fingerprint density at radius 1 is 1.00 bits per heavy atom. The summed E-state index contributed by atoms with van der Waals surface area (Å²) in [7, 11) is 0. The Kier molecular flexibility index (Phi) is 6.24. The van der Waals surface area contributed by atoms with Crippen molar-refractivity contribution >= 4 is 17.4 Å².